The van der Waals surface area contributed by atoms with E-state index in [1.165, 1.54) is 29.1 Å². The molecule has 0 saturated carbocycles. The molecule has 0 aliphatic heterocycles. The minimum atomic E-state index is 0. The third-order valence-corrected chi connectivity index (χ3v) is 4.54. The van der Waals surface area contributed by atoms with Gasteiger partial charge in [0, 0.05) is 23.3 Å². The van der Waals surface area contributed by atoms with Crippen molar-refractivity contribution in [1.82, 2.24) is 15.5 Å². The van der Waals surface area contributed by atoms with Gasteiger partial charge in [0.2, 0.25) is 0 Å². The summed E-state index contributed by atoms with van der Waals surface area (Å²) >= 11 is 1.83. The van der Waals surface area contributed by atoms with Gasteiger partial charge in [-0.1, -0.05) is 13.8 Å². The number of guanidine groups is 1. The molecular formula is C16H31IN4S. The maximum atomic E-state index is 4.26. The minimum Gasteiger partial charge on any atom is -0.356 e. The number of rotatable bonds is 9. The molecule has 0 spiro atoms. The van der Waals surface area contributed by atoms with Gasteiger partial charge in [0.15, 0.2) is 5.96 Å². The van der Waals surface area contributed by atoms with Gasteiger partial charge in [-0.05, 0) is 51.5 Å². The first-order valence-corrected chi connectivity index (χ1v) is 8.73. The first kappa shape index (κ1) is 21.7. The van der Waals surface area contributed by atoms with Crippen LogP contribution < -0.4 is 10.6 Å². The van der Waals surface area contributed by atoms with E-state index in [0.717, 1.165) is 32.1 Å². The molecule has 0 fully saturated rings. The van der Waals surface area contributed by atoms with E-state index in [9.17, 15) is 0 Å². The van der Waals surface area contributed by atoms with Crippen LogP contribution in [-0.2, 0) is 6.54 Å². The van der Waals surface area contributed by atoms with Crippen molar-refractivity contribution in [2.45, 2.75) is 40.2 Å². The molecule has 0 aromatic carbocycles. The molecule has 0 atom stereocenters. The number of nitrogens with one attached hydrogen (secondary N) is 2. The first-order valence-electron chi connectivity index (χ1n) is 7.91. The van der Waals surface area contributed by atoms with Gasteiger partial charge in [0.1, 0.15) is 0 Å². The Kier molecular flexibility index (Phi) is 12.9. The molecule has 0 aliphatic rings. The van der Waals surface area contributed by atoms with Crippen molar-refractivity contribution >= 4 is 41.3 Å². The van der Waals surface area contributed by atoms with E-state index < -0.39 is 0 Å². The van der Waals surface area contributed by atoms with Crippen molar-refractivity contribution in [3.8, 4) is 0 Å². The molecule has 0 radical (unpaired) electrons. The predicted octanol–water partition coefficient (Wildman–Crippen LogP) is 3.46. The average Bonchev–Trinajstić information content (AvgIpc) is 2.91. The van der Waals surface area contributed by atoms with Crippen LogP contribution >= 0.6 is 35.3 Å². The monoisotopic (exact) mass is 438 g/mol. The van der Waals surface area contributed by atoms with Crippen LogP contribution in [0.15, 0.2) is 17.1 Å². The Hall–Kier alpha value is -0.340. The summed E-state index contributed by atoms with van der Waals surface area (Å²) in [6.45, 7) is 11.9. The van der Waals surface area contributed by atoms with Gasteiger partial charge in [-0.2, -0.15) is 0 Å². The summed E-state index contributed by atoms with van der Waals surface area (Å²) in [6.07, 6.45) is 2.41. The molecule has 1 aromatic rings. The van der Waals surface area contributed by atoms with Crippen molar-refractivity contribution < 1.29 is 0 Å². The highest BCUT2D eigenvalue weighted by Crippen LogP contribution is 2.14. The molecule has 1 rings (SSSR count). The van der Waals surface area contributed by atoms with Gasteiger partial charge in [0.25, 0.3) is 0 Å². The zero-order valence-corrected chi connectivity index (χ0v) is 17.5. The standard InChI is InChI=1S/C16H30N4S.HI/c1-5-20(6-2)12-8-7-11-18-16(17-4)19-13-15-10-9-14(3)21-15;/h9-10H,5-8,11-13H2,1-4H3,(H2,17,18,19);1H. The predicted molar refractivity (Wildman–Crippen MR) is 110 cm³/mol. The first-order chi connectivity index (χ1) is 10.2. The zero-order valence-electron chi connectivity index (χ0n) is 14.3. The molecule has 2 N–H and O–H groups in total. The number of hydrogen-bond acceptors (Lipinski definition) is 3. The molecule has 4 nitrogen and oxygen atoms in total. The smallest absolute Gasteiger partial charge is 0.191 e. The van der Waals surface area contributed by atoms with Crippen molar-refractivity contribution in [2.75, 3.05) is 33.2 Å². The number of nitrogens with zero attached hydrogens (tertiary/aromatic N) is 2. The van der Waals surface area contributed by atoms with Gasteiger partial charge in [-0.3, -0.25) is 4.99 Å². The Labute approximate surface area is 156 Å². The normalized spacial score (nSPS) is 11.4. The van der Waals surface area contributed by atoms with E-state index >= 15 is 0 Å². The Morgan fingerprint density at radius 1 is 1.18 bits per heavy atom. The maximum absolute atomic E-state index is 4.26. The molecule has 1 heterocycles. The molecular weight excluding hydrogens is 407 g/mol. The second kappa shape index (κ2) is 13.1. The number of hydrogen-bond donors (Lipinski definition) is 2. The number of aryl methyl sites for hydroxylation is 1. The van der Waals surface area contributed by atoms with Gasteiger partial charge in [-0.25, -0.2) is 0 Å². The highest BCUT2D eigenvalue weighted by molar-refractivity contribution is 14.0. The molecule has 128 valence electrons. The van der Waals surface area contributed by atoms with Crippen LogP contribution in [0.5, 0.6) is 0 Å². The largest absolute Gasteiger partial charge is 0.356 e. The molecule has 1 aromatic heterocycles. The van der Waals surface area contributed by atoms with E-state index in [0.29, 0.717) is 0 Å². The Balaban J connectivity index is 0.00000441. The van der Waals surface area contributed by atoms with Crippen LogP contribution in [0.2, 0.25) is 0 Å². The fraction of sp³-hybridized carbons (Fsp3) is 0.688. The highest BCUT2D eigenvalue weighted by atomic mass is 127. The Morgan fingerprint density at radius 2 is 1.91 bits per heavy atom. The third-order valence-electron chi connectivity index (χ3n) is 3.54. The summed E-state index contributed by atoms with van der Waals surface area (Å²) < 4.78 is 0. The quantitative estimate of drug-likeness (QED) is 0.269. The van der Waals surface area contributed by atoms with Crippen LogP contribution in [0.25, 0.3) is 0 Å². The lowest BCUT2D eigenvalue weighted by Crippen LogP contribution is -2.37. The molecule has 0 unspecified atom stereocenters. The average molecular weight is 438 g/mol. The van der Waals surface area contributed by atoms with Gasteiger partial charge >= 0.3 is 0 Å². The second-order valence-corrected chi connectivity index (χ2v) is 6.47. The van der Waals surface area contributed by atoms with Gasteiger partial charge in [0.05, 0.1) is 6.54 Å². The van der Waals surface area contributed by atoms with Crippen molar-refractivity contribution in [1.29, 1.82) is 0 Å². The number of unbranched alkanes of at least 4 members (excludes halogenated alkanes) is 1. The lowest BCUT2D eigenvalue weighted by Gasteiger charge is -2.17. The SMILES string of the molecule is CCN(CC)CCCCNC(=NC)NCc1ccc(C)s1.I. The molecule has 22 heavy (non-hydrogen) atoms. The van der Waals surface area contributed by atoms with Crippen LogP contribution in [-0.4, -0.2) is 44.1 Å². The van der Waals surface area contributed by atoms with Gasteiger partial charge in [-0.15, -0.1) is 35.3 Å². The zero-order chi connectivity index (χ0) is 15.5. The van der Waals surface area contributed by atoms with Crippen LogP contribution in [0.1, 0.15) is 36.4 Å². The highest BCUT2D eigenvalue weighted by Gasteiger charge is 2.01. The van der Waals surface area contributed by atoms with Crippen molar-refractivity contribution in [3.05, 3.63) is 21.9 Å². The summed E-state index contributed by atoms with van der Waals surface area (Å²) in [5.41, 5.74) is 0. The van der Waals surface area contributed by atoms with E-state index in [1.807, 2.05) is 18.4 Å². The van der Waals surface area contributed by atoms with Crippen LogP contribution in [0.4, 0.5) is 0 Å². The van der Waals surface area contributed by atoms with Crippen molar-refractivity contribution in [2.24, 2.45) is 4.99 Å². The summed E-state index contributed by atoms with van der Waals surface area (Å²) in [5, 5.41) is 6.74. The minimum absolute atomic E-state index is 0. The molecule has 0 saturated heterocycles. The number of aliphatic imine (C=N–C) groups is 1. The van der Waals surface area contributed by atoms with E-state index in [1.54, 1.807) is 0 Å². The van der Waals surface area contributed by atoms with Crippen molar-refractivity contribution in [3.63, 3.8) is 0 Å². The van der Waals surface area contributed by atoms with Gasteiger partial charge < -0.3 is 15.5 Å². The van der Waals surface area contributed by atoms with E-state index in [2.05, 4.69) is 53.4 Å². The number of halogens is 1. The van der Waals surface area contributed by atoms with Crippen LogP contribution in [0, 0.1) is 6.92 Å². The molecule has 0 amide bonds. The fourth-order valence-corrected chi connectivity index (χ4v) is 3.01. The second-order valence-electron chi connectivity index (χ2n) is 5.10. The molecule has 0 aliphatic carbocycles. The topological polar surface area (TPSA) is 39.7 Å². The fourth-order valence-electron chi connectivity index (χ4n) is 2.18. The summed E-state index contributed by atoms with van der Waals surface area (Å²) in [7, 11) is 1.82. The summed E-state index contributed by atoms with van der Waals surface area (Å²) in [5.74, 6) is 0.892. The summed E-state index contributed by atoms with van der Waals surface area (Å²) in [6, 6.07) is 4.33. The molecule has 0 bridgehead atoms. The molecule has 6 heteroatoms. The maximum Gasteiger partial charge on any atom is 0.191 e. The lowest BCUT2D eigenvalue weighted by atomic mass is 10.3. The van der Waals surface area contributed by atoms with Crippen LogP contribution in [0.3, 0.4) is 0 Å². The Morgan fingerprint density at radius 3 is 2.45 bits per heavy atom. The number of thiophene rings is 1. The van der Waals surface area contributed by atoms with E-state index in [-0.39, 0.29) is 24.0 Å². The Bertz CT molecular complexity index is 416. The lowest BCUT2D eigenvalue weighted by molar-refractivity contribution is 0.297. The van der Waals surface area contributed by atoms with E-state index in [4.69, 9.17) is 0 Å². The third kappa shape index (κ3) is 8.95. The summed E-state index contributed by atoms with van der Waals surface area (Å²) in [4.78, 5) is 9.43.